The Bertz CT molecular complexity index is 872. The van der Waals surface area contributed by atoms with E-state index < -0.39 is 17.5 Å². The van der Waals surface area contributed by atoms with Crippen molar-refractivity contribution in [1.29, 1.82) is 0 Å². The Kier molecular flexibility index (Phi) is 8.36. The van der Waals surface area contributed by atoms with Crippen LogP contribution in [0.25, 0.3) is 0 Å². The summed E-state index contributed by atoms with van der Waals surface area (Å²) >= 11 is 0. The van der Waals surface area contributed by atoms with E-state index in [1.54, 1.807) is 14.0 Å². The number of amides is 3. The lowest BCUT2D eigenvalue weighted by Crippen LogP contribution is -2.59. The summed E-state index contributed by atoms with van der Waals surface area (Å²) in [6, 6.07) is 7.23. The van der Waals surface area contributed by atoms with Gasteiger partial charge in [0.2, 0.25) is 17.7 Å². The minimum Gasteiger partial charge on any atom is -0.342 e. The first kappa shape index (κ1) is 26.2. The molecule has 3 rings (SSSR count). The highest BCUT2D eigenvalue weighted by Crippen LogP contribution is 2.29. The molecule has 8 nitrogen and oxygen atoms in total. The Balaban J connectivity index is 1.77. The van der Waals surface area contributed by atoms with Crippen molar-refractivity contribution in [3.05, 3.63) is 35.4 Å². The predicted molar refractivity (Wildman–Crippen MR) is 133 cm³/mol. The number of rotatable bonds is 8. The van der Waals surface area contributed by atoms with Crippen molar-refractivity contribution in [2.24, 2.45) is 11.1 Å². The third kappa shape index (κ3) is 5.78. The monoisotopic (exact) mass is 471 g/mol. The Morgan fingerprint density at radius 3 is 2.32 bits per heavy atom. The van der Waals surface area contributed by atoms with Crippen LogP contribution in [0.3, 0.4) is 0 Å². The van der Waals surface area contributed by atoms with Crippen molar-refractivity contribution >= 4 is 17.7 Å². The normalized spacial score (nSPS) is 20.1. The quantitative estimate of drug-likeness (QED) is 0.526. The van der Waals surface area contributed by atoms with Gasteiger partial charge in [0, 0.05) is 25.2 Å². The van der Waals surface area contributed by atoms with Crippen molar-refractivity contribution in [3.63, 3.8) is 0 Å². The summed E-state index contributed by atoms with van der Waals surface area (Å²) in [6.45, 7) is 8.71. The molecule has 3 amide bonds. The van der Waals surface area contributed by atoms with Gasteiger partial charge in [-0.2, -0.15) is 0 Å². The van der Waals surface area contributed by atoms with Crippen LogP contribution in [0.4, 0.5) is 0 Å². The van der Waals surface area contributed by atoms with E-state index in [1.807, 2.05) is 42.7 Å². The second kappa shape index (κ2) is 10.9. The summed E-state index contributed by atoms with van der Waals surface area (Å²) < 4.78 is 0. The maximum atomic E-state index is 13.7. The molecule has 0 unspecified atom stereocenters. The van der Waals surface area contributed by atoms with E-state index in [1.165, 1.54) is 11.1 Å². The summed E-state index contributed by atoms with van der Waals surface area (Å²) in [7, 11) is 1.72. The number of hydrogen-bond acceptors (Lipinski definition) is 5. The zero-order valence-corrected chi connectivity index (χ0v) is 21.3. The van der Waals surface area contributed by atoms with Crippen LogP contribution in [-0.2, 0) is 27.2 Å². The van der Waals surface area contributed by atoms with Gasteiger partial charge in [0.05, 0.1) is 12.6 Å². The molecule has 4 N–H and O–H groups in total. The van der Waals surface area contributed by atoms with Crippen molar-refractivity contribution in [3.8, 4) is 0 Å². The van der Waals surface area contributed by atoms with Gasteiger partial charge in [-0.05, 0) is 56.2 Å². The predicted octanol–water partition coefficient (Wildman–Crippen LogP) is 1.07. The van der Waals surface area contributed by atoms with Gasteiger partial charge in [-0.15, -0.1) is 0 Å². The summed E-state index contributed by atoms with van der Waals surface area (Å²) in [5, 5.41) is 5.90. The second-order valence-corrected chi connectivity index (χ2v) is 10.7. The molecule has 0 saturated carbocycles. The van der Waals surface area contributed by atoms with Crippen LogP contribution in [0.2, 0.25) is 0 Å². The van der Waals surface area contributed by atoms with Crippen molar-refractivity contribution in [2.75, 3.05) is 26.7 Å². The van der Waals surface area contributed by atoms with E-state index >= 15 is 0 Å². The van der Waals surface area contributed by atoms with E-state index in [4.69, 9.17) is 5.73 Å². The molecular weight excluding hydrogens is 430 g/mol. The number of fused-ring (bicyclic) bond motifs is 1. The summed E-state index contributed by atoms with van der Waals surface area (Å²) in [5.74, 6) is -0.364. The molecule has 3 atom stereocenters. The molecule has 8 heteroatoms. The lowest BCUT2D eigenvalue weighted by atomic mass is 9.85. The van der Waals surface area contributed by atoms with Crippen molar-refractivity contribution in [2.45, 2.75) is 77.5 Å². The van der Waals surface area contributed by atoms with Gasteiger partial charge < -0.3 is 26.2 Å². The van der Waals surface area contributed by atoms with E-state index in [0.717, 1.165) is 25.7 Å². The molecule has 1 aromatic rings. The highest BCUT2D eigenvalue weighted by molar-refractivity contribution is 5.90. The Hall–Kier alpha value is -2.45. The Morgan fingerprint density at radius 1 is 1.18 bits per heavy atom. The highest BCUT2D eigenvalue weighted by Gasteiger charge is 2.41. The first-order chi connectivity index (χ1) is 16.1. The Labute approximate surface area is 203 Å². The van der Waals surface area contributed by atoms with E-state index in [-0.39, 0.29) is 36.3 Å². The van der Waals surface area contributed by atoms with Gasteiger partial charge in [-0.3, -0.25) is 14.4 Å². The average Bonchev–Trinajstić information content (AvgIpc) is 3.45. The van der Waals surface area contributed by atoms with Crippen molar-refractivity contribution in [1.82, 2.24) is 20.4 Å². The van der Waals surface area contributed by atoms with Gasteiger partial charge >= 0.3 is 0 Å². The highest BCUT2D eigenvalue weighted by atomic mass is 16.2. The SMILES string of the molecule is CN[C@@H](C)C(=O)N[C@H](C(=O)N1CCC[C@H]1CN(C(=O)CN)C1Cc2ccccc2C1)C(C)(C)C. The third-order valence-electron chi connectivity index (χ3n) is 7.26. The van der Waals surface area contributed by atoms with Crippen molar-refractivity contribution < 1.29 is 14.4 Å². The number of hydrogen-bond donors (Lipinski definition) is 3. The maximum Gasteiger partial charge on any atom is 0.246 e. The Morgan fingerprint density at radius 2 is 1.79 bits per heavy atom. The number of likely N-dealkylation sites (N-methyl/N-ethyl adjacent to an activating group) is 1. The number of nitrogens with two attached hydrogens (primary N) is 1. The molecule has 0 aromatic heterocycles. The molecule has 0 spiro atoms. The molecule has 1 aliphatic carbocycles. The van der Waals surface area contributed by atoms with Gasteiger partial charge in [0.15, 0.2) is 0 Å². The smallest absolute Gasteiger partial charge is 0.246 e. The summed E-state index contributed by atoms with van der Waals surface area (Å²) in [4.78, 5) is 43.0. The maximum absolute atomic E-state index is 13.7. The van der Waals surface area contributed by atoms with Crippen LogP contribution in [-0.4, -0.2) is 78.4 Å². The fourth-order valence-corrected chi connectivity index (χ4v) is 5.08. The van der Waals surface area contributed by atoms with Gasteiger partial charge in [-0.1, -0.05) is 45.0 Å². The zero-order chi connectivity index (χ0) is 25.0. The number of carbonyl (C=O) groups excluding carboxylic acids is 3. The number of carbonyl (C=O) groups is 3. The van der Waals surface area contributed by atoms with Gasteiger partial charge in [-0.25, -0.2) is 0 Å². The second-order valence-electron chi connectivity index (χ2n) is 10.7. The third-order valence-corrected chi connectivity index (χ3v) is 7.26. The van der Waals surface area contributed by atoms with E-state index in [0.29, 0.717) is 13.1 Å². The first-order valence-electron chi connectivity index (χ1n) is 12.4. The summed E-state index contributed by atoms with van der Waals surface area (Å²) in [5.41, 5.74) is 7.89. The van der Waals surface area contributed by atoms with Gasteiger partial charge in [0.1, 0.15) is 6.04 Å². The fraction of sp³-hybridized carbons (Fsp3) is 0.654. The molecule has 2 aliphatic rings. The van der Waals surface area contributed by atoms with E-state index in [2.05, 4.69) is 22.8 Å². The minimum atomic E-state index is -0.647. The molecule has 1 saturated heterocycles. The number of nitrogens with one attached hydrogen (secondary N) is 2. The molecule has 0 bridgehead atoms. The zero-order valence-electron chi connectivity index (χ0n) is 21.3. The lowest BCUT2D eigenvalue weighted by Gasteiger charge is -2.38. The molecular formula is C26H41N5O3. The van der Waals surface area contributed by atoms with E-state index in [9.17, 15) is 14.4 Å². The van der Waals surface area contributed by atoms with Crippen LogP contribution in [0.5, 0.6) is 0 Å². The average molecular weight is 472 g/mol. The minimum absolute atomic E-state index is 0.0455. The first-order valence-corrected chi connectivity index (χ1v) is 12.4. The summed E-state index contributed by atoms with van der Waals surface area (Å²) in [6.07, 6.45) is 3.33. The van der Waals surface area contributed by atoms with Gasteiger partial charge in [0.25, 0.3) is 0 Å². The topological polar surface area (TPSA) is 108 Å². The molecule has 0 radical (unpaired) electrons. The molecule has 1 heterocycles. The molecule has 1 aliphatic heterocycles. The molecule has 1 aromatic carbocycles. The lowest BCUT2D eigenvalue weighted by molar-refractivity contribution is -0.142. The number of nitrogens with zero attached hydrogens (tertiary/aromatic N) is 2. The van der Waals surface area contributed by atoms with Crippen LogP contribution >= 0.6 is 0 Å². The van der Waals surface area contributed by atoms with Crippen LogP contribution in [0, 0.1) is 5.41 Å². The standard InChI is InChI=1S/C26H41N5O3/c1-17(28-5)24(33)29-23(26(2,3)4)25(34)30-12-8-11-20(30)16-31(22(32)15-27)21-13-18-9-6-7-10-19(18)14-21/h6-7,9-10,17,20-21,23,28H,8,11-16,27H2,1-5H3,(H,29,33)/t17-,20-,23+/m0/s1. The van der Waals surface area contributed by atoms with Crippen LogP contribution in [0.15, 0.2) is 24.3 Å². The van der Waals surface area contributed by atoms with Crippen LogP contribution < -0.4 is 16.4 Å². The molecule has 34 heavy (non-hydrogen) atoms. The largest absolute Gasteiger partial charge is 0.342 e. The number of benzene rings is 1. The molecule has 1 fully saturated rings. The van der Waals surface area contributed by atoms with Crippen LogP contribution in [0.1, 0.15) is 51.7 Å². The molecule has 188 valence electrons. The fourth-order valence-electron chi connectivity index (χ4n) is 5.08. The number of likely N-dealkylation sites (tertiary alicyclic amines) is 1.